The molecule has 0 bridgehead atoms. The quantitative estimate of drug-likeness (QED) is 0.171. The maximum Gasteiger partial charge on any atom is 0.146 e. The van der Waals surface area contributed by atoms with Crippen LogP contribution in [0.1, 0.15) is 33.4 Å². The van der Waals surface area contributed by atoms with Gasteiger partial charge in [0.05, 0.1) is 9.89 Å². The second kappa shape index (κ2) is 7.19. The molecular formula is C27H15Br3O. The van der Waals surface area contributed by atoms with Crippen LogP contribution in [0.3, 0.4) is 0 Å². The highest BCUT2D eigenvalue weighted by atomic mass is 79.9. The van der Waals surface area contributed by atoms with Crippen LogP contribution in [-0.4, -0.2) is 0 Å². The predicted octanol–water partition coefficient (Wildman–Crippen LogP) is 8.95. The van der Waals surface area contributed by atoms with Crippen LogP contribution in [-0.2, 0) is 5.41 Å². The first-order chi connectivity index (χ1) is 15.1. The third-order valence-electron chi connectivity index (χ3n) is 6.16. The summed E-state index contributed by atoms with van der Waals surface area (Å²) in [6.07, 6.45) is 4.44. The Labute approximate surface area is 206 Å². The summed E-state index contributed by atoms with van der Waals surface area (Å²) in [4.78, 5) is 0. The van der Waals surface area contributed by atoms with E-state index < -0.39 is 5.41 Å². The Bertz CT molecular complexity index is 1350. The average molecular weight is 595 g/mol. The van der Waals surface area contributed by atoms with Gasteiger partial charge in [-0.15, -0.1) is 0 Å². The molecule has 0 saturated heterocycles. The van der Waals surface area contributed by atoms with Gasteiger partial charge in [0.15, 0.2) is 0 Å². The monoisotopic (exact) mass is 592 g/mol. The Hall–Kier alpha value is -2.14. The first-order valence-electron chi connectivity index (χ1n) is 9.93. The average Bonchev–Trinajstić information content (AvgIpc) is 2.90. The molecule has 1 heterocycles. The highest BCUT2D eigenvalue weighted by molar-refractivity contribution is 9.11. The maximum absolute atomic E-state index is 6.48. The Balaban J connectivity index is 1.90. The van der Waals surface area contributed by atoms with Crippen molar-refractivity contribution in [3.8, 4) is 11.5 Å². The summed E-state index contributed by atoms with van der Waals surface area (Å²) in [7, 11) is 0. The lowest BCUT2D eigenvalue weighted by Crippen LogP contribution is -2.35. The summed E-state index contributed by atoms with van der Waals surface area (Å²) in [5.74, 6) is 1.74. The molecule has 0 saturated carbocycles. The molecule has 6 rings (SSSR count). The summed E-state index contributed by atoms with van der Waals surface area (Å²) in [6.45, 7) is 0. The number of rotatable bonds is 0. The van der Waals surface area contributed by atoms with Gasteiger partial charge in [0.1, 0.15) is 11.5 Å². The van der Waals surface area contributed by atoms with Crippen LogP contribution in [0.2, 0.25) is 0 Å². The number of hydrogen-bond donors (Lipinski definition) is 0. The minimum Gasteiger partial charge on any atom is -0.455 e. The molecule has 1 spiro atoms. The zero-order valence-electron chi connectivity index (χ0n) is 16.2. The fourth-order valence-corrected chi connectivity index (χ4v) is 6.10. The van der Waals surface area contributed by atoms with E-state index in [0.29, 0.717) is 0 Å². The summed E-state index contributed by atoms with van der Waals surface area (Å²) in [5, 5.41) is 0. The van der Waals surface area contributed by atoms with Crippen molar-refractivity contribution in [2.75, 3.05) is 0 Å². The molecule has 2 aliphatic rings. The highest BCUT2D eigenvalue weighted by Crippen LogP contribution is 2.59. The fraction of sp³-hybridized carbons (Fsp3) is 0.0370. The zero-order chi connectivity index (χ0) is 21.2. The molecule has 4 aromatic rings. The topological polar surface area (TPSA) is 9.23 Å². The minimum absolute atomic E-state index is 0.532. The van der Waals surface area contributed by atoms with Crippen molar-refractivity contribution in [1.29, 1.82) is 0 Å². The number of halogens is 3. The normalized spacial score (nSPS) is 14.7. The van der Waals surface area contributed by atoms with E-state index in [0.717, 1.165) is 36.0 Å². The molecule has 4 aromatic carbocycles. The Morgan fingerprint density at radius 1 is 0.581 bits per heavy atom. The maximum atomic E-state index is 6.48. The molecule has 1 aliphatic heterocycles. The molecule has 1 nitrogen and oxygen atoms in total. The zero-order valence-corrected chi connectivity index (χ0v) is 21.0. The molecule has 0 aromatic heterocycles. The largest absolute Gasteiger partial charge is 0.455 e. The van der Waals surface area contributed by atoms with Gasteiger partial charge in [-0.1, -0.05) is 86.5 Å². The first kappa shape index (κ1) is 19.5. The number of para-hydroxylation sites is 2. The predicted molar refractivity (Wildman–Crippen MR) is 137 cm³/mol. The lowest BCUT2D eigenvalue weighted by Gasteiger charge is -2.42. The van der Waals surface area contributed by atoms with Crippen molar-refractivity contribution >= 4 is 59.9 Å². The summed E-state index contributed by atoms with van der Waals surface area (Å²) in [6, 6.07) is 27.8. The molecule has 150 valence electrons. The Morgan fingerprint density at radius 2 is 1.19 bits per heavy atom. The first-order valence-corrected chi connectivity index (χ1v) is 12.3. The third-order valence-corrected chi connectivity index (χ3v) is 7.77. The molecule has 0 amide bonds. The second-order valence-corrected chi connectivity index (χ2v) is 10.4. The Morgan fingerprint density at radius 3 is 1.87 bits per heavy atom. The van der Waals surface area contributed by atoms with E-state index in [1.54, 1.807) is 0 Å². The van der Waals surface area contributed by atoms with Gasteiger partial charge >= 0.3 is 0 Å². The van der Waals surface area contributed by atoms with Crippen molar-refractivity contribution in [2.45, 2.75) is 5.41 Å². The van der Waals surface area contributed by atoms with Crippen LogP contribution >= 0.6 is 47.8 Å². The Kier molecular flexibility index (Phi) is 4.53. The molecule has 31 heavy (non-hydrogen) atoms. The van der Waals surface area contributed by atoms with Crippen LogP contribution in [0.5, 0.6) is 11.5 Å². The molecule has 0 atom stereocenters. The van der Waals surface area contributed by atoms with Crippen LogP contribution < -0.4 is 4.74 Å². The lowest BCUT2D eigenvalue weighted by atomic mass is 9.62. The van der Waals surface area contributed by atoms with Crippen LogP contribution in [0.15, 0.2) is 92.3 Å². The highest BCUT2D eigenvalue weighted by Gasteiger charge is 2.48. The van der Waals surface area contributed by atoms with E-state index in [9.17, 15) is 0 Å². The van der Waals surface area contributed by atoms with Gasteiger partial charge in [-0.2, -0.15) is 0 Å². The van der Waals surface area contributed by atoms with E-state index in [2.05, 4.69) is 127 Å². The number of hydrogen-bond acceptors (Lipinski definition) is 1. The summed E-state index contributed by atoms with van der Waals surface area (Å²) >= 11 is 11.2. The van der Waals surface area contributed by atoms with Crippen LogP contribution in [0.4, 0.5) is 0 Å². The number of ether oxygens (including phenoxy) is 1. The van der Waals surface area contributed by atoms with E-state index in [-0.39, 0.29) is 0 Å². The van der Waals surface area contributed by atoms with Crippen LogP contribution in [0.25, 0.3) is 12.2 Å². The molecule has 0 N–H and O–H groups in total. The van der Waals surface area contributed by atoms with Gasteiger partial charge in [0, 0.05) is 20.1 Å². The molecule has 0 fully saturated rings. The van der Waals surface area contributed by atoms with Crippen molar-refractivity contribution in [2.24, 2.45) is 0 Å². The molecule has 0 unspecified atom stereocenters. The smallest absolute Gasteiger partial charge is 0.146 e. The van der Waals surface area contributed by atoms with Gasteiger partial charge in [-0.25, -0.2) is 0 Å². The molecule has 1 aliphatic carbocycles. The molecule has 0 radical (unpaired) electrons. The van der Waals surface area contributed by atoms with Crippen molar-refractivity contribution in [3.05, 3.63) is 126 Å². The number of benzene rings is 4. The van der Waals surface area contributed by atoms with Gasteiger partial charge in [0.2, 0.25) is 0 Å². The summed E-state index contributed by atoms with van der Waals surface area (Å²) in [5.41, 5.74) is 6.58. The molecular weight excluding hydrogens is 580 g/mol. The molecule has 4 heteroatoms. The fourth-order valence-electron chi connectivity index (χ4n) is 4.93. The second-order valence-electron chi connectivity index (χ2n) is 7.76. The van der Waals surface area contributed by atoms with E-state index in [1.165, 1.54) is 22.3 Å². The van der Waals surface area contributed by atoms with Gasteiger partial charge in [-0.3, -0.25) is 0 Å². The van der Waals surface area contributed by atoms with Gasteiger partial charge < -0.3 is 4.74 Å². The SMILES string of the molecule is Brc1ccc2c(c1)C1(c3cc(Br)ccc3C=C2)c2ccccc2Oc2c(Br)cccc21. The van der Waals surface area contributed by atoms with E-state index in [4.69, 9.17) is 4.74 Å². The van der Waals surface area contributed by atoms with E-state index in [1.807, 2.05) is 12.1 Å². The van der Waals surface area contributed by atoms with Gasteiger partial charge in [0.25, 0.3) is 0 Å². The minimum atomic E-state index is -0.532. The van der Waals surface area contributed by atoms with Crippen LogP contribution in [0, 0.1) is 0 Å². The summed E-state index contributed by atoms with van der Waals surface area (Å²) < 4.78 is 9.53. The third kappa shape index (κ3) is 2.78. The number of fused-ring (bicyclic) bond motifs is 8. The van der Waals surface area contributed by atoms with Crippen molar-refractivity contribution < 1.29 is 4.74 Å². The van der Waals surface area contributed by atoms with Crippen molar-refractivity contribution in [1.82, 2.24) is 0 Å². The lowest BCUT2D eigenvalue weighted by molar-refractivity contribution is 0.431. The van der Waals surface area contributed by atoms with E-state index >= 15 is 0 Å². The van der Waals surface area contributed by atoms with Gasteiger partial charge in [-0.05, 0) is 74.6 Å². The standard InChI is InChI=1S/C27H15Br3O/c28-18-12-10-16-8-9-17-11-13-19(29)15-23(17)27(22(16)14-18)20-4-1-2-7-25(20)31-26-21(27)5-3-6-24(26)30/h1-15H. The van der Waals surface area contributed by atoms with Crippen molar-refractivity contribution in [3.63, 3.8) is 0 Å².